The molecule has 0 saturated heterocycles. The van der Waals surface area contributed by atoms with Gasteiger partial charge < -0.3 is 14.2 Å². The lowest BCUT2D eigenvalue weighted by Gasteiger charge is -2.18. The highest BCUT2D eigenvalue weighted by Gasteiger charge is 2.19. The molecule has 0 aromatic heterocycles. The zero-order chi connectivity index (χ0) is 45.8. The average molecular weight is 875 g/mol. The molecule has 1 unspecified atom stereocenters. The average Bonchev–Trinajstić information content (AvgIpc) is 3.28. The molecule has 0 bridgehead atoms. The van der Waals surface area contributed by atoms with Crippen LogP contribution in [0.5, 0.6) is 0 Å². The van der Waals surface area contributed by atoms with Gasteiger partial charge in [-0.3, -0.25) is 14.4 Å². The molecule has 0 fully saturated rings. The Morgan fingerprint density at radius 1 is 0.349 bits per heavy atom. The number of carbonyl (C=O) groups excluding carboxylic acids is 3. The largest absolute Gasteiger partial charge is 0.462 e. The van der Waals surface area contributed by atoms with E-state index in [-0.39, 0.29) is 31.1 Å². The molecule has 358 valence electrons. The van der Waals surface area contributed by atoms with Gasteiger partial charge in [0, 0.05) is 19.3 Å². The first kappa shape index (κ1) is 59.3. The Labute approximate surface area is 387 Å². The van der Waals surface area contributed by atoms with Crippen LogP contribution in [0.25, 0.3) is 0 Å². The van der Waals surface area contributed by atoms with E-state index in [4.69, 9.17) is 14.2 Å². The van der Waals surface area contributed by atoms with Crippen LogP contribution in [0.1, 0.15) is 226 Å². The van der Waals surface area contributed by atoms with Crippen molar-refractivity contribution in [2.75, 3.05) is 13.2 Å². The summed E-state index contributed by atoms with van der Waals surface area (Å²) in [6.07, 6.45) is 66.7. The lowest BCUT2D eigenvalue weighted by atomic mass is 10.0. The van der Waals surface area contributed by atoms with Crippen LogP contribution in [0.2, 0.25) is 0 Å². The van der Waals surface area contributed by atoms with Gasteiger partial charge in [0.05, 0.1) is 0 Å². The van der Waals surface area contributed by atoms with Gasteiger partial charge in [-0.15, -0.1) is 0 Å². The van der Waals surface area contributed by atoms with Crippen molar-refractivity contribution in [1.82, 2.24) is 0 Å². The van der Waals surface area contributed by atoms with Gasteiger partial charge in [-0.25, -0.2) is 0 Å². The molecular formula is C57H94O6. The smallest absolute Gasteiger partial charge is 0.306 e. The van der Waals surface area contributed by atoms with E-state index in [0.717, 1.165) is 122 Å². The maximum atomic E-state index is 12.8. The summed E-state index contributed by atoms with van der Waals surface area (Å²) in [4.78, 5) is 38.0. The maximum Gasteiger partial charge on any atom is 0.306 e. The molecule has 0 aliphatic heterocycles. The van der Waals surface area contributed by atoms with Crippen molar-refractivity contribution in [3.63, 3.8) is 0 Å². The minimum Gasteiger partial charge on any atom is -0.462 e. The van der Waals surface area contributed by atoms with Crippen molar-refractivity contribution in [3.05, 3.63) is 97.2 Å². The van der Waals surface area contributed by atoms with Crippen LogP contribution < -0.4 is 0 Å². The van der Waals surface area contributed by atoms with Crippen molar-refractivity contribution in [2.24, 2.45) is 0 Å². The number of carbonyl (C=O) groups is 3. The number of esters is 3. The zero-order valence-corrected chi connectivity index (χ0v) is 40.8. The Morgan fingerprint density at radius 2 is 0.698 bits per heavy atom. The molecule has 0 amide bonds. The summed E-state index contributed by atoms with van der Waals surface area (Å²) in [5.41, 5.74) is 0. The highest BCUT2D eigenvalue weighted by atomic mass is 16.6. The van der Waals surface area contributed by atoms with Gasteiger partial charge >= 0.3 is 17.9 Å². The zero-order valence-electron chi connectivity index (χ0n) is 40.8. The maximum absolute atomic E-state index is 12.8. The van der Waals surface area contributed by atoms with E-state index in [0.29, 0.717) is 19.3 Å². The van der Waals surface area contributed by atoms with Crippen molar-refractivity contribution in [2.45, 2.75) is 232 Å². The van der Waals surface area contributed by atoms with Gasteiger partial charge in [-0.1, -0.05) is 221 Å². The predicted molar refractivity (Wildman–Crippen MR) is 270 cm³/mol. The van der Waals surface area contributed by atoms with E-state index in [1.54, 1.807) is 0 Å². The third-order valence-electron chi connectivity index (χ3n) is 10.6. The second kappa shape index (κ2) is 51.0. The number of hydrogen-bond donors (Lipinski definition) is 0. The Morgan fingerprint density at radius 3 is 1.16 bits per heavy atom. The molecule has 0 saturated carbocycles. The van der Waals surface area contributed by atoms with Gasteiger partial charge in [0.15, 0.2) is 6.10 Å². The SMILES string of the molecule is CC/C=C/C=C/C=C/CCCCCCCC(=O)OC(COC(=O)CCCCC/C=C/C/C=C/C/C=C/C/C=C/C/C=C/CC)COC(=O)CCCCCCCCCCCCCCC. The third-order valence-corrected chi connectivity index (χ3v) is 10.6. The summed E-state index contributed by atoms with van der Waals surface area (Å²) in [5.74, 6) is -0.953. The van der Waals surface area contributed by atoms with Crippen LogP contribution in [0.4, 0.5) is 0 Å². The molecule has 6 nitrogen and oxygen atoms in total. The molecule has 1 atom stereocenters. The van der Waals surface area contributed by atoms with Gasteiger partial charge in [-0.2, -0.15) is 0 Å². The van der Waals surface area contributed by atoms with E-state index in [1.807, 2.05) is 0 Å². The molecule has 0 rings (SSSR count). The lowest BCUT2D eigenvalue weighted by Crippen LogP contribution is -2.30. The highest BCUT2D eigenvalue weighted by Crippen LogP contribution is 2.14. The minimum absolute atomic E-state index is 0.0961. The Bertz CT molecular complexity index is 1280. The molecule has 0 aliphatic carbocycles. The predicted octanol–water partition coefficient (Wildman–Crippen LogP) is 17.0. The van der Waals surface area contributed by atoms with Gasteiger partial charge in [0.2, 0.25) is 0 Å². The first-order chi connectivity index (χ1) is 31.0. The molecular weight excluding hydrogens is 781 g/mol. The molecule has 0 aromatic rings. The normalized spacial score (nSPS) is 12.9. The summed E-state index contributed by atoms with van der Waals surface area (Å²) in [6, 6.07) is 0. The molecule has 0 aromatic carbocycles. The molecule has 0 spiro atoms. The minimum atomic E-state index is -0.800. The molecule has 6 heteroatoms. The summed E-state index contributed by atoms with van der Waals surface area (Å²) in [5, 5.41) is 0. The molecule has 0 heterocycles. The van der Waals surface area contributed by atoms with Crippen molar-refractivity contribution in [3.8, 4) is 0 Å². The van der Waals surface area contributed by atoms with E-state index >= 15 is 0 Å². The van der Waals surface area contributed by atoms with Gasteiger partial charge in [0.25, 0.3) is 0 Å². The number of ether oxygens (including phenoxy) is 3. The van der Waals surface area contributed by atoms with Crippen LogP contribution in [-0.4, -0.2) is 37.2 Å². The van der Waals surface area contributed by atoms with Crippen molar-refractivity contribution < 1.29 is 28.6 Å². The second-order valence-corrected chi connectivity index (χ2v) is 16.7. The van der Waals surface area contributed by atoms with E-state index in [9.17, 15) is 14.4 Å². The number of hydrogen-bond acceptors (Lipinski definition) is 6. The molecule has 0 aliphatic rings. The first-order valence-electron chi connectivity index (χ1n) is 25.8. The standard InChI is InChI=1S/C57H94O6/c1-4-7-10-13-16-19-22-25-26-27-28-29-30-33-35-38-41-44-47-50-56(59)62-53-54(63-57(60)51-48-45-42-39-36-32-24-21-18-15-12-9-6-3)52-61-55(58)49-46-43-40-37-34-31-23-20-17-14-11-8-5-2/h7,9-10,12,15-16,18-19,21,24-26,28-29,33,35,54H,4-6,8,11,13-14,17,20,22-23,27,30-32,34,36-53H2,1-3H3/b10-7+,12-9+,18-15+,19-16+,24-21+,26-25+,29-28+,35-33+. The summed E-state index contributed by atoms with van der Waals surface area (Å²) >= 11 is 0. The quantitative estimate of drug-likeness (QED) is 0.0199. The van der Waals surface area contributed by atoms with E-state index in [1.165, 1.54) is 64.2 Å². The van der Waals surface area contributed by atoms with Crippen LogP contribution in [0.15, 0.2) is 97.2 Å². The topological polar surface area (TPSA) is 78.9 Å². The van der Waals surface area contributed by atoms with Gasteiger partial charge in [-0.05, 0) is 83.5 Å². The van der Waals surface area contributed by atoms with Crippen LogP contribution in [0.3, 0.4) is 0 Å². The monoisotopic (exact) mass is 875 g/mol. The number of rotatable bonds is 45. The second-order valence-electron chi connectivity index (χ2n) is 16.7. The fourth-order valence-electron chi connectivity index (χ4n) is 6.82. The Balaban J connectivity index is 4.46. The fraction of sp³-hybridized carbons (Fsp3) is 0.667. The van der Waals surface area contributed by atoms with E-state index < -0.39 is 6.10 Å². The summed E-state index contributed by atoms with van der Waals surface area (Å²) < 4.78 is 16.8. The third kappa shape index (κ3) is 49.2. The number of allylic oxidation sites excluding steroid dienone is 16. The number of unbranched alkanes of at least 4 members (excludes halogenated alkanes) is 20. The van der Waals surface area contributed by atoms with Crippen molar-refractivity contribution in [1.29, 1.82) is 0 Å². The Hall–Kier alpha value is -3.67. The molecule has 0 N–H and O–H groups in total. The highest BCUT2D eigenvalue weighted by molar-refractivity contribution is 5.71. The summed E-state index contributed by atoms with van der Waals surface area (Å²) in [6.45, 7) is 6.34. The van der Waals surface area contributed by atoms with Crippen LogP contribution in [0, 0.1) is 0 Å². The lowest BCUT2D eigenvalue weighted by molar-refractivity contribution is -0.167. The fourth-order valence-corrected chi connectivity index (χ4v) is 6.82. The summed E-state index contributed by atoms with van der Waals surface area (Å²) in [7, 11) is 0. The van der Waals surface area contributed by atoms with Crippen LogP contribution >= 0.6 is 0 Å². The molecule has 63 heavy (non-hydrogen) atoms. The van der Waals surface area contributed by atoms with E-state index in [2.05, 4.69) is 118 Å². The Kier molecular flexibility index (Phi) is 48.0. The van der Waals surface area contributed by atoms with Crippen molar-refractivity contribution >= 4 is 17.9 Å². The first-order valence-corrected chi connectivity index (χ1v) is 25.8. The van der Waals surface area contributed by atoms with Crippen LogP contribution in [-0.2, 0) is 28.6 Å². The molecule has 0 radical (unpaired) electrons. The van der Waals surface area contributed by atoms with Gasteiger partial charge in [0.1, 0.15) is 13.2 Å².